The lowest BCUT2D eigenvalue weighted by Crippen LogP contribution is -2.47. The molecule has 8 heteroatoms. The molecule has 0 saturated heterocycles. The highest BCUT2D eigenvalue weighted by atomic mass is 16.5. The van der Waals surface area contributed by atoms with Gasteiger partial charge in [-0.25, -0.2) is 9.48 Å². The average Bonchev–Trinajstić information content (AvgIpc) is 3.24. The lowest BCUT2D eigenvalue weighted by molar-refractivity contribution is -0.136. The van der Waals surface area contributed by atoms with Crippen LogP contribution >= 0.6 is 0 Å². The number of unbranched alkanes of at least 4 members (excludes halogenated alkanes) is 1. The molecule has 2 amide bonds. The van der Waals surface area contributed by atoms with Crippen molar-refractivity contribution in [1.82, 2.24) is 15.1 Å². The van der Waals surface area contributed by atoms with Gasteiger partial charge in [-0.3, -0.25) is 9.59 Å². The number of benzene rings is 1. The lowest BCUT2D eigenvalue weighted by Gasteiger charge is -2.40. The minimum atomic E-state index is -0.936. The monoisotopic (exact) mass is 440 g/mol. The van der Waals surface area contributed by atoms with Crippen LogP contribution < -0.4 is 10.6 Å². The van der Waals surface area contributed by atoms with Crippen molar-refractivity contribution in [3.05, 3.63) is 42.6 Å². The number of hydrogen-bond acceptors (Lipinski definition) is 5. The summed E-state index contributed by atoms with van der Waals surface area (Å²) >= 11 is 0. The largest absolute Gasteiger partial charge is 0.449 e. The van der Waals surface area contributed by atoms with Crippen LogP contribution in [0.5, 0.6) is 0 Å². The summed E-state index contributed by atoms with van der Waals surface area (Å²) in [6.07, 6.45) is 7.00. The first-order chi connectivity index (χ1) is 15.5. The Balaban J connectivity index is 1.62. The van der Waals surface area contributed by atoms with Crippen molar-refractivity contribution in [3.63, 3.8) is 0 Å². The van der Waals surface area contributed by atoms with Crippen LogP contribution in [0, 0.1) is 5.41 Å². The number of anilines is 1. The van der Waals surface area contributed by atoms with E-state index < -0.39 is 23.8 Å². The number of carbonyl (C=O) groups is 3. The van der Waals surface area contributed by atoms with E-state index in [1.54, 1.807) is 12.3 Å². The molecule has 8 nitrogen and oxygen atoms in total. The summed E-state index contributed by atoms with van der Waals surface area (Å²) in [6, 6.07) is 9.96. The minimum absolute atomic E-state index is 0.0630. The lowest BCUT2D eigenvalue weighted by atomic mass is 9.68. The molecule has 0 spiro atoms. The quantitative estimate of drug-likeness (QED) is 0.509. The Bertz CT molecular complexity index is 916. The molecule has 1 fully saturated rings. The third-order valence-electron chi connectivity index (χ3n) is 6.24. The Morgan fingerprint density at radius 1 is 1.16 bits per heavy atom. The molecule has 1 atom stereocenters. The summed E-state index contributed by atoms with van der Waals surface area (Å²) in [6.45, 7) is 4.42. The molecule has 1 aliphatic carbocycles. The first-order valence-corrected chi connectivity index (χ1v) is 11.4. The van der Waals surface area contributed by atoms with E-state index in [2.05, 4.69) is 22.7 Å². The van der Waals surface area contributed by atoms with E-state index in [0.29, 0.717) is 25.3 Å². The molecule has 32 heavy (non-hydrogen) atoms. The van der Waals surface area contributed by atoms with Gasteiger partial charge in [0, 0.05) is 11.5 Å². The second-order valence-corrected chi connectivity index (χ2v) is 8.40. The molecular formula is C24H32N4O4. The van der Waals surface area contributed by atoms with E-state index in [1.165, 1.54) is 4.68 Å². The number of para-hydroxylation sites is 1. The maximum absolute atomic E-state index is 12.9. The van der Waals surface area contributed by atoms with E-state index in [-0.39, 0.29) is 5.41 Å². The number of ether oxygens (including phenoxy) is 1. The Labute approximate surface area is 188 Å². The van der Waals surface area contributed by atoms with Gasteiger partial charge < -0.3 is 15.4 Å². The molecule has 0 aliphatic heterocycles. The Kier molecular flexibility index (Phi) is 8.03. The van der Waals surface area contributed by atoms with Gasteiger partial charge >= 0.3 is 6.09 Å². The van der Waals surface area contributed by atoms with Crippen molar-refractivity contribution in [2.45, 2.75) is 64.8 Å². The van der Waals surface area contributed by atoms with E-state index in [4.69, 9.17) is 4.74 Å². The third-order valence-corrected chi connectivity index (χ3v) is 6.24. The number of nitrogens with zero attached hydrogens (tertiary/aromatic N) is 2. The van der Waals surface area contributed by atoms with Gasteiger partial charge in [-0.1, -0.05) is 51.3 Å². The zero-order chi connectivity index (χ0) is 23.0. The maximum atomic E-state index is 12.9. The van der Waals surface area contributed by atoms with Crippen LogP contribution in [0.2, 0.25) is 0 Å². The number of rotatable bonds is 11. The number of carbonyl (C=O) groups excluding carboxylic acids is 3. The fourth-order valence-corrected chi connectivity index (χ4v) is 3.87. The van der Waals surface area contributed by atoms with E-state index in [0.717, 1.165) is 37.8 Å². The van der Waals surface area contributed by atoms with Gasteiger partial charge in [0.25, 0.3) is 5.91 Å². The van der Waals surface area contributed by atoms with Crippen molar-refractivity contribution >= 4 is 23.6 Å². The minimum Gasteiger partial charge on any atom is -0.449 e. The molecule has 0 bridgehead atoms. The molecule has 3 rings (SSSR count). The van der Waals surface area contributed by atoms with Gasteiger partial charge in [0.05, 0.1) is 18.5 Å². The van der Waals surface area contributed by atoms with Crippen molar-refractivity contribution in [3.8, 4) is 5.69 Å². The number of aromatic nitrogens is 2. The molecule has 1 aromatic carbocycles. The summed E-state index contributed by atoms with van der Waals surface area (Å²) in [5, 5.41) is 9.44. The topological polar surface area (TPSA) is 102 Å². The van der Waals surface area contributed by atoms with Crippen LogP contribution in [0.3, 0.4) is 0 Å². The predicted octanol–water partition coefficient (Wildman–Crippen LogP) is 4.25. The number of alkyl carbamates (subject to hydrolysis) is 1. The van der Waals surface area contributed by atoms with Gasteiger partial charge in [0.1, 0.15) is 11.9 Å². The fraction of sp³-hybridized carbons (Fsp3) is 0.500. The first-order valence-electron chi connectivity index (χ1n) is 11.4. The fourth-order valence-electron chi connectivity index (χ4n) is 3.87. The molecule has 1 aromatic heterocycles. The Morgan fingerprint density at radius 3 is 2.53 bits per heavy atom. The number of amides is 2. The molecule has 172 valence electrons. The number of Topliss-reactive ketones (excluding diaryl/α,β-unsaturated/α-hetero) is 1. The van der Waals surface area contributed by atoms with Gasteiger partial charge in [-0.15, -0.1) is 0 Å². The molecule has 1 saturated carbocycles. The Morgan fingerprint density at radius 2 is 1.91 bits per heavy atom. The molecule has 0 radical (unpaired) electrons. The molecule has 2 aromatic rings. The van der Waals surface area contributed by atoms with Crippen molar-refractivity contribution in [2.75, 3.05) is 11.9 Å². The second-order valence-electron chi connectivity index (χ2n) is 8.40. The number of nitrogens with one attached hydrogen (secondary N) is 2. The maximum Gasteiger partial charge on any atom is 0.407 e. The normalized spacial score (nSPS) is 15.3. The van der Waals surface area contributed by atoms with Crippen LogP contribution in [0.4, 0.5) is 10.6 Å². The Hall–Kier alpha value is -3.16. The van der Waals surface area contributed by atoms with Crippen LogP contribution in [-0.2, 0) is 14.3 Å². The van der Waals surface area contributed by atoms with Crippen LogP contribution in [0.15, 0.2) is 42.6 Å². The average molecular weight is 441 g/mol. The van der Waals surface area contributed by atoms with Gasteiger partial charge in [-0.2, -0.15) is 5.10 Å². The predicted molar refractivity (Wildman–Crippen MR) is 122 cm³/mol. The van der Waals surface area contributed by atoms with Crippen molar-refractivity contribution in [1.29, 1.82) is 0 Å². The first kappa shape index (κ1) is 23.5. The third kappa shape index (κ3) is 5.75. The van der Waals surface area contributed by atoms with Gasteiger partial charge in [0.15, 0.2) is 0 Å². The second kappa shape index (κ2) is 10.9. The summed E-state index contributed by atoms with van der Waals surface area (Å²) in [5.74, 6) is -1.13. The van der Waals surface area contributed by atoms with Gasteiger partial charge in [-0.05, 0) is 37.8 Å². The van der Waals surface area contributed by atoms with Crippen LogP contribution in [0.1, 0.15) is 58.8 Å². The summed E-state index contributed by atoms with van der Waals surface area (Å²) < 4.78 is 6.95. The van der Waals surface area contributed by atoms with E-state index in [1.807, 2.05) is 37.3 Å². The molecular weight excluding hydrogens is 408 g/mol. The summed E-state index contributed by atoms with van der Waals surface area (Å²) in [5.41, 5.74) is 0.818. The highest BCUT2D eigenvalue weighted by Crippen LogP contribution is 2.43. The molecule has 1 aliphatic rings. The van der Waals surface area contributed by atoms with Crippen molar-refractivity contribution < 1.29 is 19.1 Å². The zero-order valence-electron chi connectivity index (χ0n) is 18.8. The highest BCUT2D eigenvalue weighted by molar-refractivity contribution is 6.42. The zero-order valence-corrected chi connectivity index (χ0v) is 18.8. The van der Waals surface area contributed by atoms with E-state index >= 15 is 0 Å². The SMILES string of the molecule is CCCC[C@H](NC(=O)OCC1(CC)CCC1)C(=O)C(=O)Nc1ccnn1-c1ccccc1. The summed E-state index contributed by atoms with van der Waals surface area (Å²) in [7, 11) is 0. The van der Waals surface area contributed by atoms with Gasteiger partial charge in [0.2, 0.25) is 5.78 Å². The van der Waals surface area contributed by atoms with Crippen LogP contribution in [0.25, 0.3) is 5.69 Å². The van der Waals surface area contributed by atoms with Crippen LogP contribution in [-0.4, -0.2) is 40.2 Å². The molecule has 0 unspecified atom stereocenters. The standard InChI is InChI=1S/C24H32N4O4/c1-3-5-12-19(26-23(31)32-17-24(4-2)14-9-15-24)21(29)22(30)27-20-13-16-25-28(20)18-10-7-6-8-11-18/h6-8,10-11,13,16,19H,3-5,9,12,14-15,17H2,1-2H3,(H,26,31)(H,27,30)/t19-/m0/s1. The number of hydrogen-bond donors (Lipinski definition) is 2. The summed E-state index contributed by atoms with van der Waals surface area (Å²) in [4.78, 5) is 37.9. The van der Waals surface area contributed by atoms with Crippen molar-refractivity contribution in [2.24, 2.45) is 5.41 Å². The molecule has 2 N–H and O–H groups in total. The van der Waals surface area contributed by atoms with E-state index in [9.17, 15) is 14.4 Å². The number of ketones is 1. The molecule has 1 heterocycles. The smallest absolute Gasteiger partial charge is 0.407 e. The highest BCUT2D eigenvalue weighted by Gasteiger charge is 2.37.